The van der Waals surface area contributed by atoms with Gasteiger partial charge in [0.2, 0.25) is 11.9 Å². The molecule has 9 heteroatoms. The molecular weight excluding hydrogens is 536 g/mol. The lowest BCUT2D eigenvalue weighted by molar-refractivity contribution is -0.119. The number of nitrogens with one attached hydrogen (secondary N) is 3. The van der Waals surface area contributed by atoms with Crippen molar-refractivity contribution in [3.05, 3.63) is 69.4 Å². The van der Waals surface area contributed by atoms with Crippen molar-refractivity contribution in [1.29, 1.82) is 0 Å². The molecule has 0 unspecified atom stereocenters. The summed E-state index contributed by atoms with van der Waals surface area (Å²) in [6.07, 6.45) is 3.77. The molecule has 4 N–H and O–H groups in total. The van der Waals surface area contributed by atoms with Crippen LogP contribution >= 0.6 is 11.6 Å². The Morgan fingerprint density at radius 2 is 1.90 bits per heavy atom. The van der Waals surface area contributed by atoms with Crippen LogP contribution in [0.15, 0.2) is 36.5 Å². The fraction of sp³-hybridized carbons (Fsp3) is 0.469. The molecule has 1 saturated heterocycles. The van der Waals surface area contributed by atoms with Gasteiger partial charge in [-0.05, 0) is 113 Å². The van der Waals surface area contributed by atoms with Gasteiger partial charge < -0.3 is 26.0 Å². The van der Waals surface area contributed by atoms with E-state index in [2.05, 4.69) is 56.8 Å². The van der Waals surface area contributed by atoms with E-state index in [0.717, 1.165) is 54.0 Å². The standard InChI is InChI=1S/C32H41ClN6O2/c1-19-15-26(20(2)14-23(19)21-10-12-39(13-11-21)18-31(3,4)41)37-30-35-17-24(33)28(38-30)34-16-22-8-7-9-25-27(22)32(5,6)29(40)36-25/h7-9,14-15,17,21,41H,10-13,16,18H2,1-6H3,(H,36,40)(H2,34,35,37,38). The molecule has 0 aliphatic carbocycles. The number of hydrogen-bond donors (Lipinski definition) is 4. The topological polar surface area (TPSA) is 102 Å². The van der Waals surface area contributed by atoms with Crippen LogP contribution < -0.4 is 16.0 Å². The van der Waals surface area contributed by atoms with Crippen molar-refractivity contribution < 1.29 is 9.90 Å². The number of hydrogen-bond acceptors (Lipinski definition) is 7. The smallest absolute Gasteiger partial charge is 0.234 e. The van der Waals surface area contributed by atoms with Crippen LogP contribution in [0, 0.1) is 13.8 Å². The molecule has 5 rings (SSSR count). The molecule has 3 aromatic rings. The zero-order valence-corrected chi connectivity index (χ0v) is 25.6. The highest BCUT2D eigenvalue weighted by molar-refractivity contribution is 6.32. The van der Waals surface area contributed by atoms with E-state index >= 15 is 0 Å². The molecule has 3 heterocycles. The summed E-state index contributed by atoms with van der Waals surface area (Å²) >= 11 is 6.47. The first-order valence-corrected chi connectivity index (χ1v) is 14.7. The number of piperidine rings is 1. The Kier molecular flexibility index (Phi) is 8.03. The molecule has 1 fully saturated rings. The largest absolute Gasteiger partial charge is 0.389 e. The van der Waals surface area contributed by atoms with Crippen molar-refractivity contribution in [2.75, 3.05) is 35.6 Å². The normalized spacial score (nSPS) is 17.3. The van der Waals surface area contributed by atoms with Gasteiger partial charge in [-0.2, -0.15) is 4.98 Å². The maximum absolute atomic E-state index is 12.5. The fourth-order valence-corrected chi connectivity index (χ4v) is 6.35. The third-order valence-electron chi connectivity index (χ3n) is 8.28. The van der Waals surface area contributed by atoms with E-state index in [1.165, 1.54) is 11.1 Å². The Bertz CT molecular complexity index is 1460. The van der Waals surface area contributed by atoms with E-state index in [-0.39, 0.29) is 5.91 Å². The summed E-state index contributed by atoms with van der Waals surface area (Å²) in [5.41, 5.74) is 6.33. The summed E-state index contributed by atoms with van der Waals surface area (Å²) in [5.74, 6) is 1.50. The average molecular weight is 577 g/mol. The summed E-state index contributed by atoms with van der Waals surface area (Å²) in [6, 6.07) is 10.4. The van der Waals surface area contributed by atoms with E-state index < -0.39 is 11.0 Å². The monoisotopic (exact) mass is 576 g/mol. The summed E-state index contributed by atoms with van der Waals surface area (Å²) in [4.78, 5) is 23.9. The van der Waals surface area contributed by atoms with Gasteiger partial charge >= 0.3 is 0 Å². The van der Waals surface area contributed by atoms with E-state index in [0.29, 0.717) is 35.8 Å². The van der Waals surface area contributed by atoms with Gasteiger partial charge in [0.25, 0.3) is 0 Å². The highest BCUT2D eigenvalue weighted by Crippen LogP contribution is 2.40. The van der Waals surface area contributed by atoms with Crippen molar-refractivity contribution >= 4 is 40.6 Å². The summed E-state index contributed by atoms with van der Waals surface area (Å²) in [7, 11) is 0. The molecule has 2 aliphatic heterocycles. The van der Waals surface area contributed by atoms with Crippen LogP contribution in [0.3, 0.4) is 0 Å². The van der Waals surface area contributed by atoms with Gasteiger partial charge in [-0.15, -0.1) is 0 Å². The number of amides is 1. The number of rotatable bonds is 8. The van der Waals surface area contributed by atoms with Crippen LogP contribution in [-0.2, 0) is 16.8 Å². The second-order valence-electron chi connectivity index (χ2n) is 12.7. The number of β-amino-alcohol motifs (C(OH)–C–C–N with tert-alkyl or cyclic N) is 1. The van der Waals surface area contributed by atoms with Crippen molar-refractivity contribution in [3.8, 4) is 0 Å². The molecule has 0 bridgehead atoms. The van der Waals surface area contributed by atoms with E-state index in [1.54, 1.807) is 6.20 Å². The lowest BCUT2D eigenvalue weighted by Gasteiger charge is -2.36. The number of aliphatic hydroxyl groups is 1. The maximum atomic E-state index is 12.5. The van der Waals surface area contributed by atoms with Gasteiger partial charge in [-0.1, -0.05) is 29.8 Å². The number of aromatic nitrogens is 2. The van der Waals surface area contributed by atoms with Crippen LogP contribution in [0.25, 0.3) is 0 Å². The molecule has 41 heavy (non-hydrogen) atoms. The number of likely N-dealkylation sites (tertiary alicyclic amines) is 1. The lowest BCUT2D eigenvalue weighted by Crippen LogP contribution is -2.42. The molecular formula is C32H41ClN6O2. The number of benzene rings is 2. The molecule has 2 aliphatic rings. The van der Waals surface area contributed by atoms with Crippen LogP contribution in [0.4, 0.5) is 23.1 Å². The zero-order valence-electron chi connectivity index (χ0n) is 24.9. The number of carbonyl (C=O) groups excluding carboxylic acids is 1. The maximum Gasteiger partial charge on any atom is 0.234 e. The Labute approximate surface area is 247 Å². The first-order valence-electron chi connectivity index (χ1n) is 14.3. The van der Waals surface area contributed by atoms with Crippen molar-refractivity contribution in [2.24, 2.45) is 0 Å². The number of nitrogens with zero attached hydrogens (tertiary/aromatic N) is 3. The molecule has 0 radical (unpaired) electrons. The Hall–Kier alpha value is -3.20. The van der Waals surface area contributed by atoms with Crippen LogP contribution in [-0.4, -0.2) is 51.1 Å². The van der Waals surface area contributed by atoms with Crippen LogP contribution in [0.5, 0.6) is 0 Å². The number of halogens is 1. The third-order valence-corrected chi connectivity index (χ3v) is 8.56. The van der Waals surface area contributed by atoms with Gasteiger partial charge in [0.05, 0.1) is 17.2 Å². The Balaban J connectivity index is 1.28. The summed E-state index contributed by atoms with van der Waals surface area (Å²) in [5, 5.41) is 20.3. The highest BCUT2D eigenvalue weighted by atomic mass is 35.5. The van der Waals surface area contributed by atoms with Crippen LogP contribution in [0.2, 0.25) is 5.02 Å². The first-order chi connectivity index (χ1) is 19.3. The van der Waals surface area contributed by atoms with Gasteiger partial charge in [-0.3, -0.25) is 4.79 Å². The average Bonchev–Trinajstić information content (AvgIpc) is 3.14. The van der Waals surface area contributed by atoms with E-state index in [1.807, 2.05) is 45.9 Å². The second-order valence-corrected chi connectivity index (χ2v) is 13.1. The summed E-state index contributed by atoms with van der Waals surface area (Å²) < 4.78 is 0. The molecule has 218 valence electrons. The fourth-order valence-electron chi connectivity index (χ4n) is 6.19. The molecule has 0 spiro atoms. The second kappa shape index (κ2) is 11.2. The predicted molar refractivity (Wildman–Crippen MR) is 166 cm³/mol. The van der Waals surface area contributed by atoms with Gasteiger partial charge in [0, 0.05) is 24.5 Å². The van der Waals surface area contributed by atoms with Crippen molar-refractivity contribution in [3.63, 3.8) is 0 Å². The van der Waals surface area contributed by atoms with Crippen molar-refractivity contribution in [1.82, 2.24) is 14.9 Å². The molecule has 1 aromatic heterocycles. The molecule has 0 saturated carbocycles. The highest BCUT2D eigenvalue weighted by Gasteiger charge is 2.40. The summed E-state index contributed by atoms with van der Waals surface area (Å²) in [6.45, 7) is 15.1. The number of carbonyl (C=O) groups is 1. The molecule has 2 aromatic carbocycles. The lowest BCUT2D eigenvalue weighted by atomic mass is 9.83. The van der Waals surface area contributed by atoms with Gasteiger partial charge in [0.15, 0.2) is 5.82 Å². The van der Waals surface area contributed by atoms with E-state index in [4.69, 9.17) is 11.6 Å². The molecule has 8 nitrogen and oxygen atoms in total. The predicted octanol–water partition coefficient (Wildman–Crippen LogP) is 6.28. The third kappa shape index (κ3) is 6.35. The van der Waals surface area contributed by atoms with Crippen LogP contribution in [0.1, 0.15) is 74.3 Å². The van der Waals surface area contributed by atoms with E-state index in [9.17, 15) is 9.90 Å². The number of fused-ring (bicyclic) bond motifs is 1. The minimum Gasteiger partial charge on any atom is -0.389 e. The number of aryl methyl sites for hydroxylation is 2. The minimum absolute atomic E-state index is 0.000569. The SMILES string of the molecule is Cc1cc(C2CCN(CC(C)(C)O)CC2)c(C)cc1Nc1ncc(Cl)c(NCc2cccc3c2C(C)(C)C(=O)N3)n1. The molecule has 0 atom stereocenters. The minimum atomic E-state index is -0.665. The Morgan fingerprint density at radius 3 is 2.61 bits per heavy atom. The quantitative estimate of drug-likeness (QED) is 0.250. The zero-order chi connectivity index (χ0) is 29.5. The number of anilines is 4. The Morgan fingerprint density at radius 1 is 1.17 bits per heavy atom. The molecule has 1 amide bonds. The van der Waals surface area contributed by atoms with Crippen molar-refractivity contribution in [2.45, 2.75) is 77.9 Å². The van der Waals surface area contributed by atoms with Gasteiger partial charge in [-0.25, -0.2) is 4.98 Å². The van der Waals surface area contributed by atoms with Gasteiger partial charge in [0.1, 0.15) is 5.02 Å². The first kappa shape index (κ1) is 29.3.